The Morgan fingerprint density at radius 1 is 0.409 bits per heavy atom. The molecule has 9 rings (SSSR count). The third-order valence-electron chi connectivity index (χ3n) is 8.18. The molecule has 0 bridgehead atoms. The highest BCUT2D eigenvalue weighted by Gasteiger charge is 2.29. The Morgan fingerprint density at radius 3 is 1.89 bits per heavy atom. The highest BCUT2D eigenvalue weighted by atomic mass is 14.8. The average molecular weight is 569 g/mol. The Morgan fingerprint density at radius 2 is 1.09 bits per heavy atom. The second kappa shape index (κ2) is 9.86. The van der Waals surface area contributed by atoms with Crippen molar-refractivity contribution >= 4 is 11.4 Å². The fourth-order valence-electron chi connectivity index (χ4n) is 6.37. The zero-order valence-corrected chi connectivity index (χ0v) is 23.1. The van der Waals surface area contributed by atoms with Crippen LogP contribution < -0.4 is 10.7 Å². The Bertz CT molecular complexity index is 3000. The van der Waals surface area contributed by atoms with Crippen molar-refractivity contribution in [1.82, 2.24) is 0 Å². The van der Waals surface area contributed by atoms with Crippen molar-refractivity contribution in [3.8, 4) is 55.6 Å². The second-order valence-electron chi connectivity index (χ2n) is 10.6. The van der Waals surface area contributed by atoms with Crippen LogP contribution in [0.2, 0.25) is 0 Å². The van der Waals surface area contributed by atoms with Gasteiger partial charge in [0.1, 0.15) is 0 Å². The van der Waals surface area contributed by atoms with Crippen molar-refractivity contribution in [2.75, 3.05) is 0 Å². The molecular weight excluding hydrogens is 532 g/mol. The number of hydrogen-bond acceptors (Lipinski definition) is 2. The molecule has 0 saturated heterocycles. The van der Waals surface area contributed by atoms with Gasteiger partial charge in [-0.15, -0.1) is 0 Å². The van der Waals surface area contributed by atoms with E-state index in [1.165, 1.54) is 0 Å². The summed E-state index contributed by atoms with van der Waals surface area (Å²) in [5, 5.41) is 3.05. The fourth-order valence-corrected chi connectivity index (χ4v) is 6.37. The molecule has 0 amide bonds. The van der Waals surface area contributed by atoms with E-state index in [1.807, 2.05) is 91.0 Å². The molecule has 0 aliphatic carbocycles. The molecule has 0 aromatic heterocycles. The summed E-state index contributed by atoms with van der Waals surface area (Å²) in [4.78, 5) is 10.1. The SMILES string of the molecule is [2H]c1c([2H])c([2H])c(-c2cc3c(c(-c4c([2H])c([2H])c([2H])c([2H])c4[2H])c2-c2ccccc2-c2ccccc2)-c2c4c(ccc2=N3)=c2ccccc2=N4)c([2H])c1[2H]. The molecule has 7 aromatic carbocycles. The first-order chi connectivity index (χ1) is 26.0. The molecule has 0 saturated carbocycles. The zero-order valence-electron chi connectivity index (χ0n) is 33.1. The predicted molar refractivity (Wildman–Crippen MR) is 179 cm³/mol. The van der Waals surface area contributed by atoms with Crippen molar-refractivity contribution in [3.05, 3.63) is 179 Å². The van der Waals surface area contributed by atoms with E-state index in [4.69, 9.17) is 21.0 Å². The Labute approximate surface area is 269 Å². The van der Waals surface area contributed by atoms with Crippen LogP contribution in [0.4, 0.5) is 11.4 Å². The smallest absolute Gasteiger partial charge is 0.0817 e. The number of nitrogens with zero attached hydrogens (tertiary/aromatic N) is 2. The topological polar surface area (TPSA) is 24.7 Å². The normalized spacial score (nSPS) is 15.2. The van der Waals surface area contributed by atoms with Crippen LogP contribution >= 0.6 is 0 Å². The summed E-state index contributed by atoms with van der Waals surface area (Å²) in [5.74, 6) is 0. The maximum atomic E-state index is 9.33. The quantitative estimate of drug-likeness (QED) is 0.202. The third-order valence-corrected chi connectivity index (χ3v) is 8.18. The van der Waals surface area contributed by atoms with E-state index in [0.717, 1.165) is 21.4 Å². The molecule has 0 atom stereocenters. The maximum absolute atomic E-state index is 9.33. The molecule has 2 aliphatic heterocycles. The van der Waals surface area contributed by atoms with Gasteiger partial charge in [0.25, 0.3) is 0 Å². The lowest BCUT2D eigenvalue weighted by Crippen LogP contribution is -2.02. The van der Waals surface area contributed by atoms with Gasteiger partial charge in [-0.2, -0.15) is 0 Å². The van der Waals surface area contributed by atoms with Crippen molar-refractivity contribution in [3.63, 3.8) is 0 Å². The number of para-hydroxylation sites is 1. The van der Waals surface area contributed by atoms with Crippen molar-refractivity contribution in [1.29, 1.82) is 0 Å². The van der Waals surface area contributed by atoms with Crippen LogP contribution in [-0.2, 0) is 0 Å². The van der Waals surface area contributed by atoms with Crippen LogP contribution in [0.5, 0.6) is 0 Å². The lowest BCUT2D eigenvalue weighted by atomic mass is 9.80. The summed E-state index contributed by atoms with van der Waals surface area (Å²) < 4.78 is 88.6. The summed E-state index contributed by atoms with van der Waals surface area (Å²) in [6.45, 7) is 0. The third kappa shape index (κ3) is 3.75. The molecule has 7 aromatic rings. The highest BCUT2D eigenvalue weighted by Crippen LogP contribution is 2.54. The van der Waals surface area contributed by atoms with Gasteiger partial charge in [0.2, 0.25) is 0 Å². The summed E-state index contributed by atoms with van der Waals surface area (Å²) >= 11 is 0. The van der Waals surface area contributed by atoms with Crippen LogP contribution in [0, 0.1) is 10.4 Å². The lowest BCUT2D eigenvalue weighted by Gasteiger charge is -2.23. The van der Waals surface area contributed by atoms with Gasteiger partial charge in [-0.25, -0.2) is 9.98 Å². The first-order valence-electron chi connectivity index (χ1n) is 19.2. The summed E-state index contributed by atoms with van der Waals surface area (Å²) in [7, 11) is 0. The molecule has 0 N–H and O–H groups in total. The Hall–Kier alpha value is -5.86. The van der Waals surface area contributed by atoms with Crippen molar-refractivity contribution in [2.45, 2.75) is 0 Å². The van der Waals surface area contributed by atoms with Gasteiger partial charge in [0.05, 0.1) is 35.8 Å². The minimum atomic E-state index is -0.560. The molecule has 2 heterocycles. The number of fused-ring (bicyclic) bond motifs is 6. The van der Waals surface area contributed by atoms with E-state index >= 15 is 0 Å². The summed E-state index contributed by atoms with van der Waals surface area (Å²) in [6, 6.07) is 25.0. The second-order valence-corrected chi connectivity index (χ2v) is 10.6. The average Bonchev–Trinajstić information content (AvgIpc) is 3.76. The van der Waals surface area contributed by atoms with Crippen molar-refractivity contribution in [2.24, 2.45) is 9.98 Å². The van der Waals surface area contributed by atoms with Crippen LogP contribution in [0.3, 0.4) is 0 Å². The van der Waals surface area contributed by atoms with E-state index in [1.54, 1.807) is 6.07 Å². The predicted octanol–water partition coefficient (Wildman–Crippen LogP) is 9.84. The van der Waals surface area contributed by atoms with Gasteiger partial charge >= 0.3 is 0 Å². The summed E-state index contributed by atoms with van der Waals surface area (Å²) in [5.41, 5.74) is 4.62. The van der Waals surface area contributed by atoms with Crippen LogP contribution in [0.25, 0.3) is 55.6 Å². The van der Waals surface area contributed by atoms with Crippen LogP contribution in [0.15, 0.2) is 167 Å². The molecular formula is C42H26N2. The minimum Gasteiger partial charge on any atom is -0.248 e. The van der Waals surface area contributed by atoms with Crippen LogP contribution in [0.1, 0.15) is 13.7 Å². The van der Waals surface area contributed by atoms with Crippen LogP contribution in [-0.4, -0.2) is 0 Å². The monoisotopic (exact) mass is 568 g/mol. The van der Waals surface area contributed by atoms with E-state index in [0.29, 0.717) is 44.5 Å². The number of hydrogen-bond donors (Lipinski definition) is 0. The molecule has 2 aliphatic rings. The molecule has 0 unspecified atom stereocenters. The lowest BCUT2D eigenvalue weighted by molar-refractivity contribution is 1.36. The molecule has 2 nitrogen and oxygen atoms in total. The van der Waals surface area contributed by atoms with Crippen molar-refractivity contribution < 1.29 is 13.7 Å². The molecule has 0 spiro atoms. The van der Waals surface area contributed by atoms with E-state index in [9.17, 15) is 2.74 Å². The largest absolute Gasteiger partial charge is 0.248 e. The van der Waals surface area contributed by atoms with E-state index in [-0.39, 0.29) is 22.3 Å². The zero-order chi connectivity index (χ0) is 37.7. The van der Waals surface area contributed by atoms with Gasteiger partial charge in [-0.3, -0.25) is 0 Å². The fraction of sp³-hybridized carbons (Fsp3) is 0. The first kappa shape index (κ1) is 16.7. The highest BCUT2D eigenvalue weighted by molar-refractivity contribution is 6.10. The van der Waals surface area contributed by atoms with Gasteiger partial charge < -0.3 is 0 Å². The standard InChI is InChI=1S/C42H26N2/c1-4-14-27(15-5-1)30-20-10-11-22-32(30)39-34(28-16-6-2-7-17-28)26-37-40(38(39)29-18-8-3-9-19-29)41-36(43-37)25-24-33-31-21-12-13-23-35(31)44-42(33)41/h1-26H/i2D,3D,6D,7D,8D,9D,16D,17D,18D,19D. The Balaban J connectivity index is 1.57. The summed E-state index contributed by atoms with van der Waals surface area (Å²) in [6.07, 6.45) is 0. The molecule has 44 heavy (non-hydrogen) atoms. The van der Waals surface area contributed by atoms with Gasteiger partial charge in [0.15, 0.2) is 0 Å². The number of benzene rings is 7. The minimum absolute atomic E-state index is 0.108. The molecule has 2 heteroatoms. The molecule has 0 fully saturated rings. The van der Waals surface area contributed by atoms with Gasteiger partial charge in [-0.1, -0.05) is 133 Å². The van der Waals surface area contributed by atoms with E-state index < -0.39 is 60.4 Å². The first-order valence-corrected chi connectivity index (χ1v) is 14.2. The van der Waals surface area contributed by atoms with Gasteiger partial charge in [-0.05, 0) is 63.2 Å². The molecule has 204 valence electrons. The number of rotatable bonds is 4. The maximum Gasteiger partial charge on any atom is 0.0817 e. The van der Waals surface area contributed by atoms with Gasteiger partial charge in [0, 0.05) is 27.1 Å². The van der Waals surface area contributed by atoms with E-state index in [2.05, 4.69) is 0 Å². The Kier molecular flexibility index (Phi) is 3.74. The molecule has 0 radical (unpaired) electrons.